The smallest absolute Gasteiger partial charge is 0.494 e. The van der Waals surface area contributed by atoms with E-state index in [1.54, 1.807) is 24.4 Å². The number of hydrogen-bond acceptors (Lipinski definition) is 6. The number of hydrogen-bond donors (Lipinski definition) is 2. The van der Waals surface area contributed by atoms with Crippen molar-refractivity contribution in [1.82, 2.24) is 15.6 Å². The lowest BCUT2D eigenvalue weighted by Crippen LogP contribution is -2.42. The van der Waals surface area contributed by atoms with Crippen LogP contribution in [0.1, 0.15) is 12.5 Å². The molecule has 0 spiro atoms. The summed E-state index contributed by atoms with van der Waals surface area (Å²) in [5, 5.41) is 21.7. The lowest BCUT2D eigenvalue weighted by Gasteiger charge is -2.18. The van der Waals surface area contributed by atoms with E-state index in [4.69, 9.17) is 27.9 Å². The van der Waals surface area contributed by atoms with E-state index in [0.717, 1.165) is 12.1 Å². The Morgan fingerprint density at radius 3 is 2.65 bits per heavy atom. The van der Waals surface area contributed by atoms with Gasteiger partial charge in [0.25, 0.3) is 0 Å². The van der Waals surface area contributed by atoms with E-state index in [-0.39, 0.29) is 30.0 Å². The molecule has 0 radical (unpaired) electrons. The SMILES string of the molecule is CCNC1CN(C(=Nc2cc(OC(F)(F)F)ccc2OC)NC#N)N=C1c1ccc(Cl)c(Cl)c1. The first kappa shape index (κ1) is 25.4. The fourth-order valence-corrected chi connectivity index (χ4v) is 3.52. The highest BCUT2D eigenvalue weighted by atomic mass is 35.5. The molecule has 0 aliphatic carbocycles. The number of halogens is 5. The largest absolute Gasteiger partial charge is 0.573 e. The number of methoxy groups -OCH3 is 1. The van der Waals surface area contributed by atoms with Gasteiger partial charge in [-0.3, -0.25) is 5.32 Å². The van der Waals surface area contributed by atoms with Crippen LogP contribution in [0.4, 0.5) is 18.9 Å². The highest BCUT2D eigenvalue weighted by molar-refractivity contribution is 6.42. The zero-order valence-electron chi connectivity index (χ0n) is 18.0. The zero-order chi connectivity index (χ0) is 24.9. The molecule has 2 aromatic rings. The van der Waals surface area contributed by atoms with Crippen molar-refractivity contribution in [3.8, 4) is 17.7 Å². The van der Waals surface area contributed by atoms with Crippen LogP contribution in [0.2, 0.25) is 10.0 Å². The zero-order valence-corrected chi connectivity index (χ0v) is 19.5. The molecule has 0 saturated heterocycles. The fraction of sp³-hybridized carbons (Fsp3) is 0.286. The Hall–Kier alpha value is -3.20. The number of guanidine groups is 1. The highest BCUT2D eigenvalue weighted by Crippen LogP contribution is 2.34. The van der Waals surface area contributed by atoms with Crippen LogP contribution in [0, 0.1) is 11.5 Å². The van der Waals surface area contributed by atoms with Crippen molar-refractivity contribution in [2.75, 3.05) is 20.2 Å². The number of nitrogens with zero attached hydrogens (tertiary/aromatic N) is 4. The maximum Gasteiger partial charge on any atom is 0.573 e. The lowest BCUT2D eigenvalue weighted by molar-refractivity contribution is -0.274. The Kier molecular flexibility index (Phi) is 8.09. The van der Waals surface area contributed by atoms with E-state index in [1.807, 2.05) is 6.92 Å². The minimum atomic E-state index is -4.88. The monoisotopic (exact) mass is 514 g/mol. The molecular formula is C21H19Cl2F3N6O2. The Morgan fingerprint density at radius 1 is 1.26 bits per heavy atom. The van der Waals surface area contributed by atoms with Crippen molar-refractivity contribution in [3.63, 3.8) is 0 Å². The van der Waals surface area contributed by atoms with Gasteiger partial charge in [-0.1, -0.05) is 36.2 Å². The molecule has 1 heterocycles. The number of alkyl halides is 3. The second-order valence-electron chi connectivity index (χ2n) is 6.86. The molecule has 0 saturated carbocycles. The van der Waals surface area contributed by atoms with Crippen molar-refractivity contribution in [2.45, 2.75) is 19.3 Å². The van der Waals surface area contributed by atoms with Crippen LogP contribution in [-0.2, 0) is 0 Å². The third kappa shape index (κ3) is 6.22. The maximum atomic E-state index is 12.7. The summed E-state index contributed by atoms with van der Waals surface area (Å²) < 4.78 is 47.2. The van der Waals surface area contributed by atoms with Crippen molar-refractivity contribution in [2.24, 2.45) is 10.1 Å². The summed E-state index contributed by atoms with van der Waals surface area (Å²) in [6, 6.07) is 8.25. The van der Waals surface area contributed by atoms with Gasteiger partial charge >= 0.3 is 6.36 Å². The van der Waals surface area contributed by atoms with Gasteiger partial charge in [0.05, 0.1) is 35.5 Å². The van der Waals surface area contributed by atoms with Crippen molar-refractivity contribution in [3.05, 3.63) is 52.0 Å². The van der Waals surface area contributed by atoms with Gasteiger partial charge in [0.15, 0.2) is 6.19 Å². The molecule has 1 unspecified atom stereocenters. The van der Waals surface area contributed by atoms with Gasteiger partial charge in [-0.05, 0) is 30.8 Å². The number of nitrogens with one attached hydrogen (secondary N) is 2. The third-order valence-electron chi connectivity index (χ3n) is 4.60. The van der Waals surface area contributed by atoms with E-state index in [2.05, 4.69) is 25.5 Å². The number of rotatable bonds is 6. The number of aliphatic imine (C=N–C) groups is 1. The summed E-state index contributed by atoms with van der Waals surface area (Å²) in [5.74, 6) is -0.346. The number of nitriles is 1. The molecule has 0 amide bonds. The van der Waals surface area contributed by atoms with Crippen molar-refractivity contribution >= 4 is 40.6 Å². The Morgan fingerprint density at radius 2 is 2.03 bits per heavy atom. The third-order valence-corrected chi connectivity index (χ3v) is 5.34. The van der Waals surface area contributed by atoms with E-state index < -0.39 is 12.1 Å². The summed E-state index contributed by atoms with van der Waals surface area (Å²) in [4.78, 5) is 4.30. The average molecular weight is 515 g/mol. The molecule has 3 rings (SSSR count). The maximum absolute atomic E-state index is 12.7. The molecule has 0 aromatic heterocycles. The van der Waals surface area contributed by atoms with Crippen LogP contribution >= 0.6 is 23.2 Å². The average Bonchev–Trinajstić information content (AvgIpc) is 3.18. The van der Waals surface area contributed by atoms with Gasteiger partial charge in [0, 0.05) is 11.6 Å². The molecule has 1 aliphatic rings. The number of hydrazone groups is 1. The predicted octanol–water partition coefficient (Wildman–Crippen LogP) is 4.66. The first-order valence-electron chi connectivity index (χ1n) is 9.87. The first-order chi connectivity index (χ1) is 16.1. The van der Waals surface area contributed by atoms with Crippen LogP contribution in [0.3, 0.4) is 0 Å². The molecular weight excluding hydrogens is 496 g/mol. The molecule has 1 aliphatic heterocycles. The molecule has 0 bridgehead atoms. The van der Waals surface area contributed by atoms with Gasteiger partial charge in [-0.25, -0.2) is 10.0 Å². The molecule has 13 heteroatoms. The van der Waals surface area contributed by atoms with Gasteiger partial charge in [-0.2, -0.15) is 10.4 Å². The van der Waals surface area contributed by atoms with Crippen molar-refractivity contribution in [1.29, 1.82) is 5.26 Å². The second-order valence-corrected chi connectivity index (χ2v) is 7.67. The highest BCUT2D eigenvalue weighted by Gasteiger charge is 2.32. The summed E-state index contributed by atoms with van der Waals surface area (Å²) in [6.07, 6.45) is -3.11. The fourth-order valence-electron chi connectivity index (χ4n) is 3.22. The minimum Gasteiger partial charge on any atom is -0.494 e. The Bertz CT molecular complexity index is 1150. The number of likely N-dealkylation sites (N-methyl/N-ethyl adjacent to an activating group) is 1. The van der Waals surface area contributed by atoms with Gasteiger partial charge < -0.3 is 14.8 Å². The van der Waals surface area contributed by atoms with Gasteiger partial charge in [-0.15, -0.1) is 13.2 Å². The number of benzene rings is 2. The van der Waals surface area contributed by atoms with Crippen molar-refractivity contribution < 1.29 is 22.6 Å². The van der Waals surface area contributed by atoms with E-state index >= 15 is 0 Å². The molecule has 0 fully saturated rings. The molecule has 8 nitrogen and oxygen atoms in total. The summed E-state index contributed by atoms with van der Waals surface area (Å²) in [7, 11) is 1.34. The van der Waals surface area contributed by atoms with Gasteiger partial charge in [0.1, 0.15) is 17.2 Å². The Balaban J connectivity index is 2.03. The quantitative estimate of drug-likeness (QED) is 0.252. The van der Waals surface area contributed by atoms with Crippen LogP contribution in [0.5, 0.6) is 11.5 Å². The topological polar surface area (TPSA) is 94.3 Å². The minimum absolute atomic E-state index is 0.000174. The van der Waals surface area contributed by atoms with E-state index in [9.17, 15) is 18.4 Å². The standard InChI is InChI=1S/C21H19Cl2F3N6O2/c1-3-28-17-10-32(31-19(17)12-4-6-14(22)15(23)8-12)20(29-11-27)30-16-9-13(34-21(24,25)26)5-7-18(16)33-2/h4-9,17,28H,3,10H2,1-2H3,(H,29,30). The van der Waals surface area contributed by atoms with Crippen LogP contribution in [-0.4, -0.2) is 49.3 Å². The molecule has 2 N–H and O–H groups in total. The van der Waals surface area contributed by atoms with Gasteiger partial charge in [0.2, 0.25) is 5.96 Å². The molecule has 180 valence electrons. The first-order valence-corrected chi connectivity index (χ1v) is 10.6. The second kappa shape index (κ2) is 10.8. The van der Waals surface area contributed by atoms with Crippen LogP contribution in [0.15, 0.2) is 46.5 Å². The summed E-state index contributed by atoms with van der Waals surface area (Å²) in [5.41, 5.74) is 1.33. The molecule has 34 heavy (non-hydrogen) atoms. The summed E-state index contributed by atoms with van der Waals surface area (Å²) >= 11 is 12.2. The van der Waals surface area contributed by atoms with Crippen LogP contribution < -0.4 is 20.1 Å². The van der Waals surface area contributed by atoms with E-state index in [1.165, 1.54) is 18.2 Å². The Labute approximate surface area is 203 Å². The molecule has 1 atom stereocenters. The lowest BCUT2D eigenvalue weighted by atomic mass is 10.0. The molecule has 2 aromatic carbocycles. The predicted molar refractivity (Wildman–Crippen MR) is 123 cm³/mol. The van der Waals surface area contributed by atoms with Crippen LogP contribution in [0.25, 0.3) is 0 Å². The number of ether oxygens (including phenoxy) is 2. The normalized spacial score (nSPS) is 16.2. The summed E-state index contributed by atoms with van der Waals surface area (Å²) in [6.45, 7) is 2.83. The van der Waals surface area contributed by atoms with E-state index in [0.29, 0.717) is 27.9 Å².